The van der Waals surface area contributed by atoms with Crippen LogP contribution in [0.5, 0.6) is 5.75 Å². The molecule has 4 rings (SSSR count). The molecule has 0 aliphatic heterocycles. The molecule has 1 aromatic heterocycles. The Morgan fingerprint density at radius 3 is 2.35 bits per heavy atom. The Kier molecular flexibility index (Phi) is 6.65. The van der Waals surface area contributed by atoms with Crippen LogP contribution in [0, 0.1) is 6.92 Å². The van der Waals surface area contributed by atoms with Crippen LogP contribution >= 0.6 is 22.9 Å². The molecule has 3 aromatic carbocycles. The molecule has 0 saturated carbocycles. The molecule has 4 aromatic rings. The van der Waals surface area contributed by atoms with Crippen molar-refractivity contribution < 1.29 is 9.53 Å². The Bertz CT molecular complexity index is 1150. The summed E-state index contributed by atoms with van der Waals surface area (Å²) in [6.45, 7) is 2.48. The van der Waals surface area contributed by atoms with E-state index >= 15 is 0 Å². The van der Waals surface area contributed by atoms with Crippen molar-refractivity contribution in [2.45, 2.75) is 13.5 Å². The monoisotopic (exact) mass is 448 g/mol. The molecule has 0 radical (unpaired) electrons. The summed E-state index contributed by atoms with van der Waals surface area (Å²) >= 11 is 7.46. The number of aryl methyl sites for hydroxylation is 1. The van der Waals surface area contributed by atoms with E-state index in [9.17, 15) is 4.79 Å². The fourth-order valence-corrected chi connectivity index (χ4v) is 3.92. The molecule has 6 heteroatoms. The molecule has 4 nitrogen and oxygen atoms in total. The largest absolute Gasteiger partial charge is 0.484 e. The topological polar surface area (TPSA) is 51.2 Å². The van der Waals surface area contributed by atoms with Gasteiger partial charge in [0.05, 0.1) is 5.69 Å². The molecule has 31 heavy (non-hydrogen) atoms. The maximum atomic E-state index is 12.0. The maximum Gasteiger partial charge on any atom is 0.258 e. The third-order valence-electron chi connectivity index (χ3n) is 4.73. The lowest BCUT2D eigenvalue weighted by atomic mass is 10.1. The van der Waals surface area contributed by atoms with E-state index in [1.165, 1.54) is 5.56 Å². The van der Waals surface area contributed by atoms with Gasteiger partial charge < -0.3 is 10.1 Å². The molecule has 0 unspecified atom stereocenters. The van der Waals surface area contributed by atoms with E-state index in [-0.39, 0.29) is 12.5 Å². The van der Waals surface area contributed by atoms with Gasteiger partial charge in [0.25, 0.3) is 5.91 Å². The number of hydrogen-bond acceptors (Lipinski definition) is 4. The molecule has 156 valence electrons. The van der Waals surface area contributed by atoms with Crippen LogP contribution in [-0.2, 0) is 11.3 Å². The van der Waals surface area contributed by atoms with Crippen LogP contribution in [-0.4, -0.2) is 17.5 Å². The Balaban J connectivity index is 1.30. The van der Waals surface area contributed by atoms with Gasteiger partial charge in [-0.2, -0.15) is 0 Å². The first-order chi connectivity index (χ1) is 15.1. The highest BCUT2D eigenvalue weighted by Gasteiger charge is 2.08. The molecule has 1 amide bonds. The zero-order valence-corrected chi connectivity index (χ0v) is 18.5. The summed E-state index contributed by atoms with van der Waals surface area (Å²) in [5.74, 6) is 0.430. The van der Waals surface area contributed by atoms with E-state index in [0.29, 0.717) is 17.3 Å². The van der Waals surface area contributed by atoms with Crippen molar-refractivity contribution in [2.24, 2.45) is 0 Å². The molecule has 0 aliphatic rings. The number of amides is 1. The summed E-state index contributed by atoms with van der Waals surface area (Å²) < 4.78 is 5.46. The van der Waals surface area contributed by atoms with Gasteiger partial charge in [-0.25, -0.2) is 4.98 Å². The van der Waals surface area contributed by atoms with Gasteiger partial charge in [-0.05, 0) is 36.8 Å². The van der Waals surface area contributed by atoms with Crippen molar-refractivity contribution in [3.63, 3.8) is 0 Å². The highest BCUT2D eigenvalue weighted by Crippen LogP contribution is 2.29. The summed E-state index contributed by atoms with van der Waals surface area (Å²) in [7, 11) is 0. The number of halogens is 1. The molecular formula is C25H21ClN2O2S. The predicted molar refractivity (Wildman–Crippen MR) is 127 cm³/mol. The van der Waals surface area contributed by atoms with E-state index in [1.807, 2.05) is 24.3 Å². The van der Waals surface area contributed by atoms with E-state index in [0.717, 1.165) is 27.4 Å². The highest BCUT2D eigenvalue weighted by molar-refractivity contribution is 7.13. The van der Waals surface area contributed by atoms with Crippen molar-refractivity contribution in [1.29, 1.82) is 0 Å². The summed E-state index contributed by atoms with van der Waals surface area (Å²) in [6, 6.07) is 23.4. The first kappa shape index (κ1) is 21.1. The first-order valence-corrected chi connectivity index (χ1v) is 11.1. The lowest BCUT2D eigenvalue weighted by Gasteiger charge is -2.08. The minimum absolute atomic E-state index is 0.0411. The lowest BCUT2D eigenvalue weighted by Crippen LogP contribution is -2.28. The molecule has 0 saturated heterocycles. The first-order valence-electron chi connectivity index (χ1n) is 9.84. The Labute approximate surface area is 190 Å². The van der Waals surface area contributed by atoms with Gasteiger partial charge in [-0.15, -0.1) is 11.3 Å². The zero-order valence-electron chi connectivity index (χ0n) is 17.0. The third-order valence-corrected chi connectivity index (χ3v) is 5.87. The standard InChI is InChI=1S/C25H21ClN2O2S/c1-17-2-6-19(7-3-17)23-16-31-25(28-23)20-8-4-18(5-9-20)14-27-24(29)15-30-22-12-10-21(26)11-13-22/h2-13,16H,14-15H2,1H3,(H,27,29). The second-order valence-electron chi connectivity index (χ2n) is 7.12. The summed E-state index contributed by atoms with van der Waals surface area (Å²) in [5.41, 5.74) is 5.41. The highest BCUT2D eigenvalue weighted by atomic mass is 35.5. The normalized spacial score (nSPS) is 10.6. The molecular weight excluding hydrogens is 428 g/mol. The number of ether oxygens (including phenoxy) is 1. The van der Waals surface area contributed by atoms with Crippen molar-refractivity contribution in [1.82, 2.24) is 10.3 Å². The minimum Gasteiger partial charge on any atom is -0.484 e. The zero-order chi connectivity index (χ0) is 21.6. The van der Waals surface area contributed by atoms with Crippen molar-refractivity contribution in [3.05, 3.63) is 94.3 Å². The molecule has 0 bridgehead atoms. The molecule has 0 atom stereocenters. The summed E-state index contributed by atoms with van der Waals surface area (Å²) in [6.07, 6.45) is 0. The van der Waals surface area contributed by atoms with Crippen molar-refractivity contribution in [3.8, 4) is 27.6 Å². The van der Waals surface area contributed by atoms with Gasteiger partial charge >= 0.3 is 0 Å². The van der Waals surface area contributed by atoms with E-state index in [1.54, 1.807) is 35.6 Å². The van der Waals surface area contributed by atoms with Crippen LogP contribution < -0.4 is 10.1 Å². The number of rotatable bonds is 7. The Hall–Kier alpha value is -3.15. The second-order valence-corrected chi connectivity index (χ2v) is 8.41. The molecule has 1 heterocycles. The van der Waals surface area contributed by atoms with E-state index in [4.69, 9.17) is 21.3 Å². The number of nitrogens with zero attached hydrogens (tertiary/aromatic N) is 1. The van der Waals surface area contributed by atoms with Gasteiger partial charge in [0.1, 0.15) is 10.8 Å². The average molecular weight is 449 g/mol. The van der Waals surface area contributed by atoms with Gasteiger partial charge in [0.2, 0.25) is 0 Å². The fourth-order valence-electron chi connectivity index (χ4n) is 2.96. The van der Waals surface area contributed by atoms with Crippen LogP contribution in [0.4, 0.5) is 0 Å². The summed E-state index contributed by atoms with van der Waals surface area (Å²) in [4.78, 5) is 16.8. The van der Waals surface area contributed by atoms with Gasteiger partial charge in [0, 0.05) is 28.1 Å². The van der Waals surface area contributed by atoms with Crippen LogP contribution in [0.3, 0.4) is 0 Å². The smallest absolute Gasteiger partial charge is 0.258 e. The second kappa shape index (κ2) is 9.77. The number of hydrogen-bond donors (Lipinski definition) is 1. The van der Waals surface area contributed by atoms with E-state index in [2.05, 4.69) is 41.9 Å². The van der Waals surface area contributed by atoms with Crippen LogP contribution in [0.2, 0.25) is 5.02 Å². The van der Waals surface area contributed by atoms with Crippen LogP contribution in [0.15, 0.2) is 78.2 Å². The number of nitrogens with one attached hydrogen (secondary N) is 1. The average Bonchev–Trinajstić information content (AvgIpc) is 3.28. The molecule has 0 spiro atoms. The Morgan fingerprint density at radius 1 is 0.968 bits per heavy atom. The molecule has 1 N–H and O–H groups in total. The van der Waals surface area contributed by atoms with Crippen LogP contribution in [0.1, 0.15) is 11.1 Å². The maximum absolute atomic E-state index is 12.0. The minimum atomic E-state index is -0.179. The Morgan fingerprint density at radius 2 is 1.65 bits per heavy atom. The molecule has 0 aliphatic carbocycles. The number of benzene rings is 3. The van der Waals surface area contributed by atoms with Crippen molar-refractivity contribution >= 4 is 28.8 Å². The lowest BCUT2D eigenvalue weighted by molar-refractivity contribution is -0.123. The molecule has 0 fully saturated rings. The van der Waals surface area contributed by atoms with Crippen molar-refractivity contribution in [2.75, 3.05) is 6.61 Å². The fraction of sp³-hybridized carbons (Fsp3) is 0.120. The SMILES string of the molecule is Cc1ccc(-c2csc(-c3ccc(CNC(=O)COc4ccc(Cl)cc4)cc3)n2)cc1. The predicted octanol–water partition coefficient (Wildman–Crippen LogP) is 6.13. The van der Waals surface area contributed by atoms with Gasteiger partial charge in [-0.1, -0.05) is 65.7 Å². The summed E-state index contributed by atoms with van der Waals surface area (Å²) in [5, 5.41) is 6.55. The number of aromatic nitrogens is 1. The van der Waals surface area contributed by atoms with E-state index < -0.39 is 0 Å². The third kappa shape index (κ3) is 5.72. The van der Waals surface area contributed by atoms with Gasteiger partial charge in [-0.3, -0.25) is 4.79 Å². The van der Waals surface area contributed by atoms with Crippen LogP contribution in [0.25, 0.3) is 21.8 Å². The number of carbonyl (C=O) groups is 1. The quantitative estimate of drug-likeness (QED) is 0.369. The number of carbonyl (C=O) groups excluding carboxylic acids is 1. The van der Waals surface area contributed by atoms with Gasteiger partial charge in [0.15, 0.2) is 6.61 Å². The number of thiazole rings is 1.